The second-order valence-corrected chi connectivity index (χ2v) is 5.60. The van der Waals surface area contributed by atoms with Crippen LogP contribution in [-0.4, -0.2) is 38.9 Å². The number of aryl methyl sites for hydroxylation is 1. The van der Waals surface area contributed by atoms with Gasteiger partial charge in [0.05, 0.1) is 18.4 Å². The molecule has 1 saturated heterocycles. The first kappa shape index (κ1) is 15.3. The van der Waals surface area contributed by atoms with E-state index in [-0.39, 0.29) is 12.5 Å². The largest absolute Gasteiger partial charge is 0.357 e. The molecule has 0 aromatic carbocycles. The van der Waals surface area contributed by atoms with E-state index in [1.807, 2.05) is 13.0 Å². The Kier molecular flexibility index (Phi) is 4.75. The van der Waals surface area contributed by atoms with Gasteiger partial charge in [-0.25, -0.2) is 15.0 Å². The molecule has 1 amide bonds. The van der Waals surface area contributed by atoms with Crippen LogP contribution in [0.15, 0.2) is 24.7 Å². The minimum Gasteiger partial charge on any atom is -0.357 e. The van der Waals surface area contributed by atoms with Gasteiger partial charge in [0, 0.05) is 25.5 Å². The highest BCUT2D eigenvalue weighted by Crippen LogP contribution is 2.16. The summed E-state index contributed by atoms with van der Waals surface area (Å²) in [5.41, 5.74) is 1.07. The normalized spacial score (nSPS) is 14.6. The summed E-state index contributed by atoms with van der Waals surface area (Å²) in [6.07, 6.45) is 8.45. The average Bonchev–Trinajstić information content (AvgIpc) is 2.61. The van der Waals surface area contributed by atoms with Crippen LogP contribution in [0, 0.1) is 6.92 Å². The molecule has 0 saturated carbocycles. The lowest BCUT2D eigenvalue weighted by molar-refractivity contribution is 0.0944. The minimum atomic E-state index is -0.274. The van der Waals surface area contributed by atoms with Crippen molar-refractivity contribution in [1.82, 2.24) is 25.3 Å². The third-order valence-electron chi connectivity index (χ3n) is 3.79. The number of hydrogen-bond donors (Lipinski definition) is 1. The van der Waals surface area contributed by atoms with Crippen molar-refractivity contribution in [1.29, 1.82) is 0 Å². The van der Waals surface area contributed by atoms with Crippen LogP contribution < -0.4 is 10.2 Å². The number of carbonyl (C=O) groups excluding carboxylic acids is 1. The van der Waals surface area contributed by atoms with Gasteiger partial charge < -0.3 is 10.2 Å². The third kappa shape index (κ3) is 4.00. The van der Waals surface area contributed by atoms with Gasteiger partial charge in [0.2, 0.25) is 0 Å². The molecule has 1 aliphatic heterocycles. The molecule has 7 heteroatoms. The van der Waals surface area contributed by atoms with Crippen LogP contribution in [0.4, 0.5) is 5.82 Å². The summed E-state index contributed by atoms with van der Waals surface area (Å²) in [6.45, 7) is 4.16. The summed E-state index contributed by atoms with van der Waals surface area (Å²) in [5.74, 6) is 1.25. The fourth-order valence-electron chi connectivity index (χ4n) is 2.53. The standard InChI is InChI=1S/C16H20N6O/c1-12-9-19-13(10-18-12)16(23)20-11-14-17-6-5-15(21-14)22-7-3-2-4-8-22/h5-6,9-10H,2-4,7-8,11H2,1H3,(H,20,23). The molecule has 2 aromatic heterocycles. The van der Waals surface area contributed by atoms with Crippen molar-refractivity contribution in [2.24, 2.45) is 0 Å². The van der Waals surface area contributed by atoms with E-state index in [1.165, 1.54) is 25.5 Å². The molecule has 3 heterocycles. The second-order valence-electron chi connectivity index (χ2n) is 5.60. The molecule has 0 bridgehead atoms. The van der Waals surface area contributed by atoms with E-state index in [0.717, 1.165) is 24.6 Å². The predicted molar refractivity (Wildman–Crippen MR) is 86.0 cm³/mol. The van der Waals surface area contributed by atoms with Crippen LogP contribution in [0.2, 0.25) is 0 Å². The van der Waals surface area contributed by atoms with Gasteiger partial charge in [-0.05, 0) is 32.3 Å². The van der Waals surface area contributed by atoms with Gasteiger partial charge in [-0.15, -0.1) is 0 Å². The van der Waals surface area contributed by atoms with Crippen LogP contribution in [0.1, 0.15) is 41.3 Å². The molecule has 1 N–H and O–H groups in total. The molecular formula is C16H20N6O. The van der Waals surface area contributed by atoms with E-state index in [4.69, 9.17) is 0 Å². The number of hydrogen-bond acceptors (Lipinski definition) is 6. The molecule has 120 valence electrons. The fourth-order valence-corrected chi connectivity index (χ4v) is 2.53. The minimum absolute atomic E-state index is 0.274. The van der Waals surface area contributed by atoms with Crippen molar-refractivity contribution in [3.05, 3.63) is 41.9 Å². The van der Waals surface area contributed by atoms with Crippen molar-refractivity contribution < 1.29 is 4.79 Å². The van der Waals surface area contributed by atoms with Crippen LogP contribution in [0.5, 0.6) is 0 Å². The summed E-state index contributed by atoms with van der Waals surface area (Å²) in [6, 6.07) is 1.92. The number of amides is 1. The molecule has 0 spiro atoms. The quantitative estimate of drug-likeness (QED) is 0.921. The molecule has 3 rings (SSSR count). The lowest BCUT2D eigenvalue weighted by atomic mass is 10.1. The highest BCUT2D eigenvalue weighted by atomic mass is 16.1. The maximum atomic E-state index is 12.0. The van der Waals surface area contributed by atoms with Crippen LogP contribution in [0.25, 0.3) is 0 Å². The Morgan fingerprint density at radius 2 is 2.00 bits per heavy atom. The zero-order valence-corrected chi connectivity index (χ0v) is 13.2. The Hall–Kier alpha value is -2.57. The average molecular weight is 312 g/mol. The van der Waals surface area contributed by atoms with Gasteiger partial charge in [-0.2, -0.15) is 0 Å². The van der Waals surface area contributed by atoms with Gasteiger partial charge in [0.15, 0.2) is 0 Å². The molecule has 0 unspecified atom stereocenters. The van der Waals surface area contributed by atoms with Crippen molar-refractivity contribution in [2.75, 3.05) is 18.0 Å². The van der Waals surface area contributed by atoms with Crippen molar-refractivity contribution in [3.8, 4) is 0 Å². The van der Waals surface area contributed by atoms with Gasteiger partial charge in [-0.3, -0.25) is 9.78 Å². The van der Waals surface area contributed by atoms with Gasteiger partial charge in [-0.1, -0.05) is 0 Å². The summed E-state index contributed by atoms with van der Waals surface area (Å²) >= 11 is 0. The molecule has 23 heavy (non-hydrogen) atoms. The number of nitrogens with one attached hydrogen (secondary N) is 1. The molecule has 0 atom stereocenters. The van der Waals surface area contributed by atoms with Gasteiger partial charge in [0.25, 0.3) is 5.91 Å². The Morgan fingerprint density at radius 1 is 1.17 bits per heavy atom. The Bertz CT molecular complexity index is 667. The van der Waals surface area contributed by atoms with E-state index >= 15 is 0 Å². The smallest absolute Gasteiger partial charge is 0.271 e. The highest BCUT2D eigenvalue weighted by Gasteiger charge is 2.13. The van der Waals surface area contributed by atoms with E-state index in [1.54, 1.807) is 12.4 Å². The van der Waals surface area contributed by atoms with Crippen molar-refractivity contribution in [2.45, 2.75) is 32.7 Å². The maximum Gasteiger partial charge on any atom is 0.271 e. The topological polar surface area (TPSA) is 83.9 Å². The number of rotatable bonds is 4. The van der Waals surface area contributed by atoms with Crippen molar-refractivity contribution in [3.63, 3.8) is 0 Å². The summed E-state index contributed by atoms with van der Waals surface area (Å²) < 4.78 is 0. The molecule has 7 nitrogen and oxygen atoms in total. The number of aromatic nitrogens is 4. The van der Waals surface area contributed by atoms with E-state index in [0.29, 0.717) is 11.5 Å². The lowest BCUT2D eigenvalue weighted by Crippen LogP contribution is -2.31. The van der Waals surface area contributed by atoms with Gasteiger partial charge >= 0.3 is 0 Å². The zero-order valence-electron chi connectivity index (χ0n) is 13.2. The molecular weight excluding hydrogens is 292 g/mol. The predicted octanol–water partition coefficient (Wildman–Crippen LogP) is 1.50. The number of piperidine rings is 1. The van der Waals surface area contributed by atoms with Crippen molar-refractivity contribution >= 4 is 11.7 Å². The number of nitrogens with zero attached hydrogens (tertiary/aromatic N) is 5. The summed E-state index contributed by atoms with van der Waals surface area (Å²) in [5, 5.41) is 2.78. The number of carbonyl (C=O) groups is 1. The third-order valence-corrected chi connectivity index (χ3v) is 3.79. The SMILES string of the molecule is Cc1cnc(C(=O)NCc2nccc(N3CCCCC3)n2)cn1. The Labute approximate surface area is 135 Å². The summed E-state index contributed by atoms with van der Waals surface area (Å²) in [4.78, 5) is 31.2. The molecule has 0 radical (unpaired) electrons. The number of anilines is 1. The first-order chi connectivity index (χ1) is 11.2. The summed E-state index contributed by atoms with van der Waals surface area (Å²) in [7, 11) is 0. The fraction of sp³-hybridized carbons (Fsp3) is 0.438. The second kappa shape index (κ2) is 7.13. The van der Waals surface area contributed by atoms with Gasteiger partial charge in [0.1, 0.15) is 17.3 Å². The maximum absolute atomic E-state index is 12.0. The van der Waals surface area contributed by atoms with Crippen LogP contribution in [-0.2, 0) is 6.54 Å². The molecule has 2 aromatic rings. The highest BCUT2D eigenvalue weighted by molar-refractivity contribution is 5.91. The molecule has 1 aliphatic rings. The Balaban J connectivity index is 1.61. The van der Waals surface area contributed by atoms with E-state index in [9.17, 15) is 4.79 Å². The van der Waals surface area contributed by atoms with Crippen LogP contribution >= 0.6 is 0 Å². The first-order valence-corrected chi connectivity index (χ1v) is 7.86. The monoisotopic (exact) mass is 312 g/mol. The van der Waals surface area contributed by atoms with Crippen LogP contribution in [0.3, 0.4) is 0 Å². The van der Waals surface area contributed by atoms with E-state index in [2.05, 4.69) is 30.2 Å². The molecule has 1 fully saturated rings. The lowest BCUT2D eigenvalue weighted by Gasteiger charge is -2.27. The Morgan fingerprint density at radius 3 is 2.74 bits per heavy atom. The molecule has 0 aliphatic carbocycles. The van der Waals surface area contributed by atoms with E-state index < -0.39 is 0 Å². The zero-order chi connectivity index (χ0) is 16.1. The first-order valence-electron chi connectivity index (χ1n) is 7.86.